The molecule has 0 spiro atoms. The Labute approximate surface area is 133 Å². The number of aryl methyl sites for hydroxylation is 1. The molecule has 0 aliphatic rings. The summed E-state index contributed by atoms with van der Waals surface area (Å²) in [5.74, 6) is 0. The Hall–Kier alpha value is -1.84. The molecule has 22 heavy (non-hydrogen) atoms. The minimum absolute atomic E-state index is 0.536. The Morgan fingerprint density at radius 1 is 0.909 bits per heavy atom. The van der Waals surface area contributed by atoms with Crippen molar-refractivity contribution < 1.29 is 10.3 Å². The lowest BCUT2D eigenvalue weighted by Gasteiger charge is -2.36. The maximum absolute atomic E-state index is 10.5. The third kappa shape index (κ3) is 4.58. The summed E-state index contributed by atoms with van der Waals surface area (Å²) in [4.78, 5) is 0. The van der Waals surface area contributed by atoms with Crippen LogP contribution in [-0.4, -0.2) is 15.9 Å². The highest BCUT2D eigenvalue weighted by atomic mass is 16.5. The van der Waals surface area contributed by atoms with E-state index in [-0.39, 0.29) is 0 Å². The molecule has 2 N–H and O–H groups in total. The molecule has 3 nitrogen and oxygen atoms in total. The fourth-order valence-corrected chi connectivity index (χ4v) is 2.33. The van der Waals surface area contributed by atoms with Gasteiger partial charge in [0, 0.05) is 0 Å². The number of anilines is 1. The molecule has 0 aliphatic heterocycles. The quantitative estimate of drug-likeness (QED) is 0.802. The first kappa shape index (κ1) is 18.2. The second kappa shape index (κ2) is 7.97. The third-order valence-corrected chi connectivity index (χ3v) is 3.33. The molecule has 0 aromatic heterocycles. The van der Waals surface area contributed by atoms with Crippen LogP contribution < -0.4 is 5.06 Å². The molecule has 1 atom stereocenters. The van der Waals surface area contributed by atoms with Crippen molar-refractivity contribution in [1.29, 1.82) is 0 Å². The lowest BCUT2D eigenvalue weighted by Crippen LogP contribution is -2.41. The molecule has 0 unspecified atom stereocenters. The fourth-order valence-electron chi connectivity index (χ4n) is 2.33. The first-order valence-electron chi connectivity index (χ1n) is 7.71. The zero-order valence-corrected chi connectivity index (χ0v) is 14.1. The summed E-state index contributed by atoms with van der Waals surface area (Å²) < 4.78 is 0. The lowest BCUT2D eigenvalue weighted by atomic mass is 9.91. The van der Waals surface area contributed by atoms with Crippen molar-refractivity contribution in [3.05, 3.63) is 65.7 Å². The first-order chi connectivity index (χ1) is 10.4. The van der Waals surface area contributed by atoms with Crippen LogP contribution in [0.15, 0.2) is 54.6 Å². The third-order valence-electron chi connectivity index (χ3n) is 3.33. The summed E-state index contributed by atoms with van der Waals surface area (Å²) in [5, 5.41) is 22.1. The number of nitrogens with zero attached hydrogens (tertiary/aromatic N) is 1. The number of hydrogen-bond donors (Lipinski definition) is 2. The van der Waals surface area contributed by atoms with Gasteiger partial charge in [-0.05, 0) is 38.5 Å². The van der Waals surface area contributed by atoms with Crippen LogP contribution in [-0.2, 0) is 0 Å². The minimum Gasteiger partial charge on any atom is -0.388 e. The van der Waals surface area contributed by atoms with E-state index in [0.717, 1.165) is 16.2 Å². The van der Waals surface area contributed by atoms with Crippen LogP contribution in [0, 0.1) is 6.92 Å². The Morgan fingerprint density at radius 3 is 1.86 bits per heavy atom. The van der Waals surface area contributed by atoms with E-state index in [4.69, 9.17) is 0 Å². The average molecular weight is 301 g/mol. The van der Waals surface area contributed by atoms with E-state index in [9.17, 15) is 10.3 Å². The van der Waals surface area contributed by atoms with Gasteiger partial charge in [-0.3, -0.25) is 5.21 Å². The molecule has 0 bridgehead atoms. The van der Waals surface area contributed by atoms with Gasteiger partial charge < -0.3 is 5.11 Å². The molecule has 2 aromatic carbocycles. The number of aliphatic hydroxyl groups is 1. The second-order valence-corrected chi connectivity index (χ2v) is 5.65. The molecule has 2 aromatic rings. The van der Waals surface area contributed by atoms with Gasteiger partial charge in [0.25, 0.3) is 0 Å². The predicted octanol–water partition coefficient (Wildman–Crippen LogP) is 4.73. The van der Waals surface area contributed by atoms with E-state index in [1.807, 2.05) is 75.4 Å². The highest BCUT2D eigenvalue weighted by molar-refractivity contribution is 5.48. The molecule has 2 rings (SSSR count). The van der Waals surface area contributed by atoms with E-state index < -0.39 is 11.6 Å². The van der Waals surface area contributed by atoms with Crippen molar-refractivity contribution in [2.75, 3.05) is 5.06 Å². The molecule has 0 amide bonds. The molecule has 120 valence electrons. The Balaban J connectivity index is 0.00000116. The summed E-state index contributed by atoms with van der Waals surface area (Å²) in [6, 6.07) is 16.5. The normalized spacial score (nSPS) is 12.1. The van der Waals surface area contributed by atoms with Crippen molar-refractivity contribution in [2.45, 2.75) is 46.3 Å². The van der Waals surface area contributed by atoms with E-state index in [0.29, 0.717) is 5.69 Å². The fraction of sp³-hybridized carbons (Fsp3) is 0.368. The monoisotopic (exact) mass is 301 g/mol. The Bertz CT molecular complexity index is 544. The van der Waals surface area contributed by atoms with Crippen molar-refractivity contribution in [2.24, 2.45) is 0 Å². The van der Waals surface area contributed by atoms with Crippen LogP contribution in [0.4, 0.5) is 5.69 Å². The van der Waals surface area contributed by atoms with Gasteiger partial charge in [0.1, 0.15) is 6.04 Å². The van der Waals surface area contributed by atoms with Gasteiger partial charge in [-0.2, -0.15) is 0 Å². The van der Waals surface area contributed by atoms with Crippen LogP contribution in [0.1, 0.15) is 44.9 Å². The van der Waals surface area contributed by atoms with Gasteiger partial charge >= 0.3 is 0 Å². The van der Waals surface area contributed by atoms with Gasteiger partial charge in [-0.15, -0.1) is 0 Å². The molecular weight excluding hydrogens is 274 g/mol. The molecule has 0 saturated heterocycles. The van der Waals surface area contributed by atoms with Gasteiger partial charge in [0.15, 0.2) is 0 Å². The van der Waals surface area contributed by atoms with Gasteiger partial charge in [-0.25, -0.2) is 5.06 Å². The van der Waals surface area contributed by atoms with E-state index >= 15 is 0 Å². The van der Waals surface area contributed by atoms with Gasteiger partial charge in [0.2, 0.25) is 0 Å². The van der Waals surface area contributed by atoms with Crippen LogP contribution in [0.25, 0.3) is 0 Å². The SMILES string of the molecule is CC.Cc1ccc(N(O)[C@@H](c2ccccc2)C(C)(C)O)cc1. The maximum atomic E-state index is 10.5. The highest BCUT2D eigenvalue weighted by Gasteiger charge is 2.33. The predicted molar refractivity (Wildman–Crippen MR) is 92.3 cm³/mol. The van der Waals surface area contributed by atoms with Crippen LogP contribution in [0.2, 0.25) is 0 Å². The van der Waals surface area contributed by atoms with Crippen molar-refractivity contribution in [3.8, 4) is 0 Å². The zero-order valence-electron chi connectivity index (χ0n) is 14.1. The van der Waals surface area contributed by atoms with Crippen LogP contribution in [0.5, 0.6) is 0 Å². The van der Waals surface area contributed by atoms with E-state index in [2.05, 4.69) is 0 Å². The summed E-state index contributed by atoms with van der Waals surface area (Å²) in [6.07, 6.45) is 0. The van der Waals surface area contributed by atoms with Gasteiger partial charge in [-0.1, -0.05) is 61.9 Å². The van der Waals surface area contributed by atoms with Gasteiger partial charge in [0.05, 0.1) is 11.3 Å². The molecule has 0 radical (unpaired) electrons. The molecule has 0 saturated carbocycles. The maximum Gasteiger partial charge on any atom is 0.109 e. The first-order valence-corrected chi connectivity index (χ1v) is 7.71. The number of benzene rings is 2. The summed E-state index contributed by atoms with van der Waals surface area (Å²) in [6.45, 7) is 9.39. The molecule has 0 aliphatic carbocycles. The standard InChI is InChI=1S/C17H21NO2.C2H6/c1-13-9-11-15(12-10-13)18(20)16(17(2,3)19)14-7-5-4-6-8-14;1-2/h4-12,16,19-20H,1-3H3;1-2H3/t16-;/m0./s1. The van der Waals surface area contributed by atoms with Crippen molar-refractivity contribution in [3.63, 3.8) is 0 Å². The molecule has 3 heteroatoms. The zero-order chi connectivity index (χ0) is 16.8. The average Bonchev–Trinajstić information content (AvgIpc) is 2.50. The summed E-state index contributed by atoms with van der Waals surface area (Å²) in [5.41, 5.74) is 1.57. The second-order valence-electron chi connectivity index (χ2n) is 5.65. The summed E-state index contributed by atoms with van der Waals surface area (Å²) >= 11 is 0. The van der Waals surface area contributed by atoms with E-state index in [1.54, 1.807) is 13.8 Å². The molecule has 0 heterocycles. The highest BCUT2D eigenvalue weighted by Crippen LogP contribution is 2.33. The smallest absolute Gasteiger partial charge is 0.109 e. The number of hydroxylamine groups is 1. The topological polar surface area (TPSA) is 43.7 Å². The number of rotatable bonds is 4. The summed E-state index contributed by atoms with van der Waals surface area (Å²) in [7, 11) is 0. The van der Waals surface area contributed by atoms with Crippen molar-refractivity contribution >= 4 is 5.69 Å². The minimum atomic E-state index is -1.08. The number of hydrogen-bond acceptors (Lipinski definition) is 3. The Morgan fingerprint density at radius 2 is 1.41 bits per heavy atom. The van der Waals surface area contributed by atoms with Crippen LogP contribution in [0.3, 0.4) is 0 Å². The molecular formula is C19H27NO2. The Kier molecular flexibility index (Phi) is 6.60. The van der Waals surface area contributed by atoms with Crippen molar-refractivity contribution in [1.82, 2.24) is 0 Å². The van der Waals surface area contributed by atoms with E-state index in [1.165, 1.54) is 0 Å². The lowest BCUT2D eigenvalue weighted by molar-refractivity contribution is 0.0151. The largest absolute Gasteiger partial charge is 0.388 e. The van der Waals surface area contributed by atoms with Crippen LogP contribution >= 0.6 is 0 Å². The molecule has 0 fully saturated rings.